The van der Waals surface area contributed by atoms with Crippen LogP contribution in [0.1, 0.15) is 18.9 Å². The maximum absolute atomic E-state index is 12.8. The average Bonchev–Trinajstić information content (AvgIpc) is 2.35. The molecule has 0 fully saturated rings. The number of alkyl halides is 1. The van der Waals surface area contributed by atoms with Crippen molar-refractivity contribution >= 4 is 15.9 Å². The summed E-state index contributed by atoms with van der Waals surface area (Å²) in [4.78, 5) is 0. The van der Waals surface area contributed by atoms with Crippen molar-refractivity contribution in [2.24, 2.45) is 11.8 Å². The first-order valence-corrected chi connectivity index (χ1v) is 7.08. The Balaban J connectivity index is 2.53. The minimum atomic E-state index is -0.170. The largest absolute Gasteiger partial charge is 0.385 e. The molecule has 0 aliphatic carbocycles. The van der Waals surface area contributed by atoms with Gasteiger partial charge in [0.25, 0.3) is 0 Å². The van der Waals surface area contributed by atoms with Gasteiger partial charge in [0.1, 0.15) is 5.82 Å². The van der Waals surface area contributed by atoms with E-state index in [1.165, 1.54) is 17.7 Å². The molecule has 0 saturated heterocycles. The third kappa shape index (κ3) is 5.17. The Morgan fingerprint density at radius 3 is 2.47 bits per heavy atom. The van der Waals surface area contributed by atoms with Gasteiger partial charge in [-0.15, -0.1) is 0 Å². The molecule has 0 aliphatic rings. The highest BCUT2D eigenvalue weighted by atomic mass is 79.9. The summed E-state index contributed by atoms with van der Waals surface area (Å²) in [5, 5.41) is 0.968. The number of ether oxygens (including phenoxy) is 1. The van der Waals surface area contributed by atoms with Crippen LogP contribution in [0.4, 0.5) is 4.39 Å². The van der Waals surface area contributed by atoms with E-state index in [-0.39, 0.29) is 5.82 Å². The van der Waals surface area contributed by atoms with Gasteiger partial charge < -0.3 is 4.74 Å². The Morgan fingerprint density at radius 1 is 1.29 bits per heavy atom. The molecule has 0 aliphatic heterocycles. The topological polar surface area (TPSA) is 9.23 Å². The van der Waals surface area contributed by atoms with Crippen LogP contribution in [0.25, 0.3) is 0 Å². The molecule has 17 heavy (non-hydrogen) atoms. The number of methoxy groups -OCH3 is 1. The van der Waals surface area contributed by atoms with Crippen LogP contribution in [-0.4, -0.2) is 19.0 Å². The van der Waals surface area contributed by atoms with E-state index in [1.807, 2.05) is 12.1 Å². The van der Waals surface area contributed by atoms with E-state index in [2.05, 4.69) is 22.9 Å². The van der Waals surface area contributed by atoms with Gasteiger partial charge in [-0.2, -0.15) is 0 Å². The first-order chi connectivity index (χ1) is 8.17. The van der Waals surface area contributed by atoms with E-state index >= 15 is 0 Å². The molecule has 1 nitrogen and oxygen atoms in total. The van der Waals surface area contributed by atoms with Gasteiger partial charge in [-0.05, 0) is 42.4 Å². The average molecular weight is 303 g/mol. The molecule has 2 unspecified atom stereocenters. The zero-order valence-electron chi connectivity index (χ0n) is 10.5. The Kier molecular flexibility index (Phi) is 6.75. The second kappa shape index (κ2) is 7.83. The van der Waals surface area contributed by atoms with Gasteiger partial charge in [0, 0.05) is 19.0 Å². The molecule has 3 heteroatoms. The molecule has 0 spiro atoms. The van der Waals surface area contributed by atoms with Crippen molar-refractivity contribution in [3.8, 4) is 0 Å². The molecule has 1 aromatic rings. The van der Waals surface area contributed by atoms with E-state index in [1.54, 1.807) is 7.11 Å². The van der Waals surface area contributed by atoms with Crippen LogP contribution >= 0.6 is 15.9 Å². The van der Waals surface area contributed by atoms with Crippen LogP contribution in [-0.2, 0) is 11.2 Å². The molecule has 2 atom stereocenters. The molecular weight excluding hydrogens is 283 g/mol. The predicted molar refractivity (Wildman–Crippen MR) is 73.0 cm³/mol. The highest BCUT2D eigenvalue weighted by molar-refractivity contribution is 9.09. The second-order valence-electron chi connectivity index (χ2n) is 4.50. The maximum Gasteiger partial charge on any atom is 0.123 e. The molecule has 0 heterocycles. The summed E-state index contributed by atoms with van der Waals surface area (Å²) >= 11 is 3.57. The summed E-state index contributed by atoms with van der Waals surface area (Å²) in [7, 11) is 1.73. The number of hydrogen-bond acceptors (Lipinski definition) is 1. The lowest BCUT2D eigenvalue weighted by atomic mass is 9.88. The van der Waals surface area contributed by atoms with Crippen molar-refractivity contribution in [3.05, 3.63) is 35.6 Å². The van der Waals surface area contributed by atoms with Crippen LogP contribution in [0.5, 0.6) is 0 Å². The van der Waals surface area contributed by atoms with Crippen molar-refractivity contribution < 1.29 is 9.13 Å². The van der Waals surface area contributed by atoms with Crippen molar-refractivity contribution in [1.82, 2.24) is 0 Å². The van der Waals surface area contributed by atoms with Gasteiger partial charge in [-0.1, -0.05) is 35.0 Å². The van der Waals surface area contributed by atoms with E-state index < -0.39 is 0 Å². The molecule has 0 bridgehead atoms. The van der Waals surface area contributed by atoms with Crippen LogP contribution in [0.15, 0.2) is 24.3 Å². The first kappa shape index (κ1) is 14.7. The summed E-state index contributed by atoms with van der Waals surface area (Å²) in [5.74, 6) is 0.992. The summed E-state index contributed by atoms with van der Waals surface area (Å²) in [6, 6.07) is 6.79. The molecule has 1 rings (SSSR count). The molecule has 0 N–H and O–H groups in total. The molecule has 0 saturated carbocycles. The van der Waals surface area contributed by atoms with Crippen molar-refractivity contribution in [3.63, 3.8) is 0 Å². The molecule has 0 amide bonds. The van der Waals surface area contributed by atoms with Crippen LogP contribution in [0.3, 0.4) is 0 Å². The lowest BCUT2D eigenvalue weighted by molar-refractivity contribution is 0.168. The van der Waals surface area contributed by atoms with Crippen LogP contribution in [0.2, 0.25) is 0 Å². The Morgan fingerprint density at radius 2 is 1.94 bits per heavy atom. The summed E-state index contributed by atoms with van der Waals surface area (Å²) in [6.07, 6.45) is 2.05. The highest BCUT2D eigenvalue weighted by Crippen LogP contribution is 2.22. The monoisotopic (exact) mass is 302 g/mol. The minimum absolute atomic E-state index is 0.170. The van der Waals surface area contributed by atoms with Gasteiger partial charge in [-0.25, -0.2) is 4.39 Å². The molecule has 0 radical (unpaired) electrons. The summed E-state index contributed by atoms with van der Waals surface area (Å²) < 4.78 is 17.9. The van der Waals surface area contributed by atoms with Gasteiger partial charge in [0.15, 0.2) is 0 Å². The number of hydrogen-bond donors (Lipinski definition) is 0. The standard InChI is InChI=1S/C14H20BrFO/c1-11(7-8-17-2)13(10-15)9-12-3-5-14(16)6-4-12/h3-6,11,13H,7-10H2,1-2H3. The lowest BCUT2D eigenvalue weighted by Crippen LogP contribution is -2.17. The highest BCUT2D eigenvalue weighted by Gasteiger charge is 2.16. The fourth-order valence-corrected chi connectivity index (χ4v) is 2.74. The second-order valence-corrected chi connectivity index (χ2v) is 5.15. The summed E-state index contributed by atoms with van der Waals surface area (Å²) in [5.41, 5.74) is 1.19. The summed E-state index contributed by atoms with van der Waals surface area (Å²) in [6.45, 7) is 3.04. The van der Waals surface area contributed by atoms with Gasteiger partial charge in [0.2, 0.25) is 0 Å². The van der Waals surface area contributed by atoms with Gasteiger partial charge >= 0.3 is 0 Å². The van der Waals surface area contributed by atoms with E-state index in [0.29, 0.717) is 11.8 Å². The molecule has 0 aromatic heterocycles. The third-order valence-corrected chi connectivity index (χ3v) is 4.02. The van der Waals surface area contributed by atoms with Crippen molar-refractivity contribution in [1.29, 1.82) is 0 Å². The number of rotatable bonds is 7. The van der Waals surface area contributed by atoms with Crippen LogP contribution < -0.4 is 0 Å². The zero-order chi connectivity index (χ0) is 12.7. The molecule has 1 aromatic carbocycles. The SMILES string of the molecule is COCCC(C)C(CBr)Cc1ccc(F)cc1. The van der Waals surface area contributed by atoms with Crippen molar-refractivity contribution in [2.75, 3.05) is 19.0 Å². The molecular formula is C14H20BrFO. The predicted octanol–water partition coefficient (Wildman–Crippen LogP) is 4.05. The smallest absolute Gasteiger partial charge is 0.123 e. The zero-order valence-corrected chi connectivity index (χ0v) is 12.0. The normalized spacial score (nSPS) is 14.6. The van der Waals surface area contributed by atoms with E-state index in [0.717, 1.165) is 24.8 Å². The molecule has 96 valence electrons. The number of benzene rings is 1. The quantitative estimate of drug-likeness (QED) is 0.690. The Hall–Kier alpha value is -0.410. The lowest BCUT2D eigenvalue weighted by Gasteiger charge is -2.21. The fraction of sp³-hybridized carbons (Fsp3) is 0.571. The van der Waals surface area contributed by atoms with Gasteiger partial charge in [0.05, 0.1) is 0 Å². The Bertz CT molecular complexity index is 313. The maximum atomic E-state index is 12.8. The van der Waals surface area contributed by atoms with Gasteiger partial charge in [-0.3, -0.25) is 0 Å². The fourth-order valence-electron chi connectivity index (χ4n) is 1.87. The Labute approximate surface area is 111 Å². The first-order valence-electron chi connectivity index (χ1n) is 5.96. The van der Waals surface area contributed by atoms with Crippen molar-refractivity contribution in [2.45, 2.75) is 19.8 Å². The minimum Gasteiger partial charge on any atom is -0.385 e. The van der Waals surface area contributed by atoms with Crippen LogP contribution in [0, 0.1) is 17.7 Å². The van der Waals surface area contributed by atoms with E-state index in [9.17, 15) is 4.39 Å². The van der Waals surface area contributed by atoms with E-state index in [4.69, 9.17) is 4.74 Å². The third-order valence-electron chi connectivity index (χ3n) is 3.19. The number of halogens is 2.